The van der Waals surface area contributed by atoms with Gasteiger partial charge in [0.05, 0.1) is 18.7 Å². The van der Waals surface area contributed by atoms with Gasteiger partial charge in [-0.15, -0.1) is 16.4 Å². The largest absolute Gasteiger partial charge is 0.497 e. The molecule has 0 aliphatic carbocycles. The maximum Gasteiger partial charge on any atom is 0.250 e. The fourth-order valence-electron chi connectivity index (χ4n) is 3.78. The van der Waals surface area contributed by atoms with E-state index >= 15 is 0 Å². The van der Waals surface area contributed by atoms with E-state index in [1.54, 1.807) is 16.5 Å². The van der Waals surface area contributed by atoms with Gasteiger partial charge in [0.1, 0.15) is 5.75 Å². The molecule has 2 amide bonds. The van der Waals surface area contributed by atoms with E-state index in [2.05, 4.69) is 15.4 Å². The number of ether oxygens (including phenoxy) is 1. The Morgan fingerprint density at radius 3 is 2.81 bits per heavy atom. The van der Waals surface area contributed by atoms with Crippen LogP contribution in [0.4, 0.5) is 11.6 Å². The first-order chi connectivity index (χ1) is 15.5. The monoisotopic (exact) mass is 447 g/mol. The van der Waals surface area contributed by atoms with Crippen molar-refractivity contribution in [2.24, 2.45) is 5.92 Å². The maximum atomic E-state index is 12.8. The van der Waals surface area contributed by atoms with Crippen LogP contribution in [0.25, 0.3) is 16.2 Å². The lowest BCUT2D eigenvalue weighted by Gasteiger charge is -2.16. The molecule has 2 aromatic carbocycles. The number of rotatable bonds is 5. The van der Waals surface area contributed by atoms with Crippen molar-refractivity contribution in [3.63, 3.8) is 0 Å². The quantitative estimate of drug-likeness (QED) is 0.503. The number of nitrogens with one attached hydrogen (secondary N) is 1. The van der Waals surface area contributed by atoms with Crippen LogP contribution in [0, 0.1) is 12.8 Å². The first kappa shape index (κ1) is 20.2. The summed E-state index contributed by atoms with van der Waals surface area (Å²) in [4.78, 5) is 32.1. The summed E-state index contributed by atoms with van der Waals surface area (Å²) in [5.41, 5.74) is 3.72. The number of nitrogens with zero attached hydrogens (tertiary/aromatic N) is 4. The van der Waals surface area contributed by atoms with Crippen molar-refractivity contribution in [1.29, 1.82) is 0 Å². The summed E-state index contributed by atoms with van der Waals surface area (Å²) in [5, 5.41) is 9.21. The summed E-state index contributed by atoms with van der Waals surface area (Å²) in [7, 11) is 1.62. The third-order valence-corrected chi connectivity index (χ3v) is 6.34. The number of thiazole rings is 1. The number of aromatic nitrogens is 3. The summed E-state index contributed by atoms with van der Waals surface area (Å²) in [5.74, 6) is 0.206. The zero-order valence-corrected chi connectivity index (χ0v) is 18.4. The highest BCUT2D eigenvalue weighted by atomic mass is 32.1. The van der Waals surface area contributed by atoms with Gasteiger partial charge in [-0.3, -0.25) is 14.9 Å². The van der Waals surface area contributed by atoms with Crippen LogP contribution in [0.15, 0.2) is 53.9 Å². The van der Waals surface area contributed by atoms with Crippen LogP contribution in [-0.4, -0.2) is 40.1 Å². The minimum absolute atomic E-state index is 0.0619. The SMILES string of the molecule is COc1cccc(-c2csc3nc(NC(=O)C4CC(=O)N(c5ccc(C)cc5)C4)nn23)c1. The Morgan fingerprint density at radius 1 is 1.22 bits per heavy atom. The topological polar surface area (TPSA) is 88.8 Å². The van der Waals surface area contributed by atoms with Crippen LogP contribution in [0.1, 0.15) is 12.0 Å². The van der Waals surface area contributed by atoms with Crippen LogP contribution in [0.2, 0.25) is 0 Å². The summed E-state index contributed by atoms with van der Waals surface area (Å²) >= 11 is 1.44. The van der Waals surface area contributed by atoms with Crippen molar-refractivity contribution in [3.8, 4) is 17.0 Å². The van der Waals surface area contributed by atoms with Crippen LogP contribution in [0.5, 0.6) is 5.75 Å². The van der Waals surface area contributed by atoms with Gasteiger partial charge in [-0.2, -0.15) is 4.98 Å². The van der Waals surface area contributed by atoms with Crippen molar-refractivity contribution in [2.75, 3.05) is 23.9 Å². The number of fused-ring (bicyclic) bond motifs is 1. The molecule has 1 atom stereocenters. The highest BCUT2D eigenvalue weighted by Gasteiger charge is 2.35. The van der Waals surface area contributed by atoms with Gasteiger partial charge in [-0.1, -0.05) is 29.8 Å². The molecule has 1 unspecified atom stereocenters. The van der Waals surface area contributed by atoms with Crippen LogP contribution in [-0.2, 0) is 9.59 Å². The third-order valence-electron chi connectivity index (χ3n) is 5.52. The standard InChI is InChI=1S/C23H21N5O3S/c1-14-6-8-17(9-7-14)27-12-16(11-20(27)29)21(30)24-22-25-23-28(26-22)19(13-32-23)15-4-3-5-18(10-15)31-2/h3-10,13,16H,11-12H2,1-2H3,(H,24,26,30). The van der Waals surface area contributed by atoms with Gasteiger partial charge < -0.3 is 9.64 Å². The number of carbonyl (C=O) groups excluding carboxylic acids is 2. The Balaban J connectivity index is 1.32. The predicted octanol–water partition coefficient (Wildman–Crippen LogP) is 3.77. The van der Waals surface area contributed by atoms with E-state index in [1.165, 1.54) is 11.3 Å². The average Bonchev–Trinajstić information content (AvgIpc) is 3.48. The highest BCUT2D eigenvalue weighted by molar-refractivity contribution is 7.15. The highest BCUT2D eigenvalue weighted by Crippen LogP contribution is 2.29. The molecule has 0 bridgehead atoms. The first-order valence-electron chi connectivity index (χ1n) is 10.2. The molecule has 1 fully saturated rings. The lowest BCUT2D eigenvalue weighted by molar-refractivity contribution is -0.122. The lowest BCUT2D eigenvalue weighted by atomic mass is 10.1. The van der Waals surface area contributed by atoms with E-state index in [4.69, 9.17) is 4.74 Å². The second-order valence-electron chi connectivity index (χ2n) is 7.71. The van der Waals surface area contributed by atoms with E-state index in [-0.39, 0.29) is 24.2 Å². The van der Waals surface area contributed by atoms with Gasteiger partial charge in [0, 0.05) is 29.6 Å². The molecular weight excluding hydrogens is 426 g/mol. The zero-order chi connectivity index (χ0) is 22.2. The molecule has 1 aliphatic heterocycles. The molecule has 162 valence electrons. The Morgan fingerprint density at radius 2 is 2.03 bits per heavy atom. The molecule has 0 spiro atoms. The smallest absolute Gasteiger partial charge is 0.250 e. The second-order valence-corrected chi connectivity index (χ2v) is 8.55. The van der Waals surface area contributed by atoms with Crippen molar-refractivity contribution < 1.29 is 14.3 Å². The number of carbonyl (C=O) groups is 2. The van der Waals surface area contributed by atoms with Crippen LogP contribution < -0.4 is 15.0 Å². The third kappa shape index (κ3) is 3.71. The first-order valence-corrected chi connectivity index (χ1v) is 11.1. The number of anilines is 2. The summed E-state index contributed by atoms with van der Waals surface area (Å²) in [6.45, 7) is 2.33. The number of methoxy groups -OCH3 is 1. The molecular formula is C23H21N5O3S. The Kier molecular flexibility index (Phi) is 5.10. The number of benzene rings is 2. The minimum atomic E-state index is -0.455. The molecule has 9 heteroatoms. The lowest BCUT2D eigenvalue weighted by Crippen LogP contribution is -2.28. The van der Waals surface area contributed by atoms with Crippen molar-refractivity contribution in [2.45, 2.75) is 13.3 Å². The summed E-state index contributed by atoms with van der Waals surface area (Å²) in [6, 6.07) is 15.4. The van der Waals surface area contributed by atoms with Crippen molar-refractivity contribution >= 4 is 39.7 Å². The number of hydrogen-bond donors (Lipinski definition) is 1. The molecule has 1 N–H and O–H groups in total. The zero-order valence-electron chi connectivity index (χ0n) is 17.6. The van der Waals surface area contributed by atoms with Crippen molar-refractivity contribution in [1.82, 2.24) is 14.6 Å². The molecule has 32 heavy (non-hydrogen) atoms. The minimum Gasteiger partial charge on any atom is -0.497 e. The second kappa shape index (κ2) is 8.08. The summed E-state index contributed by atoms with van der Waals surface area (Å²) in [6.07, 6.45) is 0.164. The Hall–Kier alpha value is -3.72. The molecule has 5 rings (SSSR count). The molecule has 0 radical (unpaired) electrons. The molecule has 8 nitrogen and oxygen atoms in total. The number of amides is 2. The Labute approximate surface area is 188 Å². The van der Waals surface area contributed by atoms with Gasteiger partial charge in [-0.25, -0.2) is 4.52 Å². The van der Waals surface area contributed by atoms with Gasteiger partial charge in [0.25, 0.3) is 0 Å². The van der Waals surface area contributed by atoms with E-state index in [9.17, 15) is 9.59 Å². The summed E-state index contributed by atoms with van der Waals surface area (Å²) < 4.78 is 7.01. The van der Waals surface area contributed by atoms with Gasteiger partial charge in [0.2, 0.25) is 22.7 Å². The molecule has 3 heterocycles. The van der Waals surface area contributed by atoms with Gasteiger partial charge in [-0.05, 0) is 31.2 Å². The molecule has 1 aliphatic rings. The van der Waals surface area contributed by atoms with E-state index in [0.29, 0.717) is 11.5 Å². The number of aryl methyl sites for hydroxylation is 1. The Bertz CT molecular complexity index is 1310. The van der Waals surface area contributed by atoms with Gasteiger partial charge >= 0.3 is 0 Å². The van der Waals surface area contributed by atoms with Crippen molar-refractivity contribution in [3.05, 3.63) is 59.5 Å². The fourth-order valence-corrected chi connectivity index (χ4v) is 4.62. The van der Waals surface area contributed by atoms with Crippen LogP contribution >= 0.6 is 11.3 Å². The predicted molar refractivity (Wildman–Crippen MR) is 123 cm³/mol. The molecule has 2 aromatic heterocycles. The average molecular weight is 448 g/mol. The maximum absolute atomic E-state index is 12.8. The molecule has 4 aromatic rings. The fraction of sp³-hybridized carbons (Fsp3) is 0.217. The normalized spacial score (nSPS) is 16.0. The van der Waals surface area contributed by atoms with Gasteiger partial charge in [0.15, 0.2) is 0 Å². The molecule has 0 saturated carbocycles. The van der Waals surface area contributed by atoms with Crippen LogP contribution in [0.3, 0.4) is 0 Å². The van der Waals surface area contributed by atoms with E-state index in [1.807, 2.05) is 60.8 Å². The number of hydrogen-bond acceptors (Lipinski definition) is 6. The van der Waals surface area contributed by atoms with E-state index < -0.39 is 5.92 Å². The molecule has 1 saturated heterocycles. The van der Waals surface area contributed by atoms with E-state index in [0.717, 1.165) is 28.3 Å².